The van der Waals surface area contributed by atoms with Crippen LogP contribution in [0.3, 0.4) is 0 Å². The van der Waals surface area contributed by atoms with E-state index in [9.17, 15) is 15.3 Å². The van der Waals surface area contributed by atoms with Crippen LogP contribution < -0.4 is 0 Å². The van der Waals surface area contributed by atoms with Crippen LogP contribution in [-0.4, -0.2) is 46.0 Å². The Kier molecular flexibility index (Phi) is 7.75. The fourth-order valence-corrected chi connectivity index (χ4v) is 3.34. The molecule has 4 nitrogen and oxygen atoms in total. The maximum atomic E-state index is 10.4. The largest absolute Gasteiger partial charge is 0.394 e. The minimum Gasteiger partial charge on any atom is -0.394 e. The highest BCUT2D eigenvalue weighted by Gasteiger charge is 2.28. The summed E-state index contributed by atoms with van der Waals surface area (Å²) in [6, 6.07) is 17.5. The zero-order chi connectivity index (χ0) is 17.4. The van der Waals surface area contributed by atoms with E-state index < -0.39 is 24.1 Å². The van der Waals surface area contributed by atoms with E-state index in [1.807, 2.05) is 61.5 Å². The molecule has 3 atom stereocenters. The first kappa shape index (κ1) is 19.0. The molecule has 2 aromatic rings. The third-order valence-electron chi connectivity index (χ3n) is 3.64. The Morgan fingerprint density at radius 1 is 0.958 bits per heavy atom. The van der Waals surface area contributed by atoms with Crippen LogP contribution in [-0.2, 0) is 11.3 Å². The molecule has 0 aliphatic heterocycles. The van der Waals surface area contributed by atoms with E-state index in [4.69, 9.17) is 4.74 Å². The maximum absolute atomic E-state index is 10.4. The number of aryl methyl sites for hydroxylation is 1. The van der Waals surface area contributed by atoms with Crippen LogP contribution in [0.25, 0.3) is 0 Å². The predicted octanol–water partition coefficient (Wildman–Crippen LogP) is 2.39. The predicted molar refractivity (Wildman–Crippen MR) is 96.0 cm³/mol. The molecule has 3 N–H and O–H groups in total. The molecular formula is C19H24O4S. The van der Waals surface area contributed by atoms with E-state index in [2.05, 4.69) is 0 Å². The molecule has 0 saturated carbocycles. The van der Waals surface area contributed by atoms with Gasteiger partial charge in [-0.3, -0.25) is 0 Å². The van der Waals surface area contributed by atoms with Gasteiger partial charge < -0.3 is 20.1 Å². The topological polar surface area (TPSA) is 69.9 Å². The molecule has 5 heteroatoms. The van der Waals surface area contributed by atoms with E-state index in [1.54, 1.807) is 0 Å². The lowest BCUT2D eigenvalue weighted by Gasteiger charge is -2.26. The van der Waals surface area contributed by atoms with Crippen molar-refractivity contribution in [3.63, 3.8) is 0 Å². The molecule has 0 saturated heterocycles. The van der Waals surface area contributed by atoms with Gasteiger partial charge in [-0.05, 0) is 24.6 Å². The van der Waals surface area contributed by atoms with E-state index in [0.29, 0.717) is 6.61 Å². The fraction of sp³-hybridized carbons (Fsp3) is 0.368. The van der Waals surface area contributed by atoms with E-state index in [0.717, 1.165) is 16.0 Å². The van der Waals surface area contributed by atoms with Gasteiger partial charge in [0.05, 0.1) is 37.3 Å². The van der Waals surface area contributed by atoms with Gasteiger partial charge in [0.15, 0.2) is 0 Å². The van der Waals surface area contributed by atoms with Crippen molar-refractivity contribution in [1.82, 2.24) is 0 Å². The van der Waals surface area contributed by atoms with Crippen molar-refractivity contribution in [2.24, 2.45) is 0 Å². The van der Waals surface area contributed by atoms with Gasteiger partial charge in [-0.15, -0.1) is 11.8 Å². The van der Waals surface area contributed by atoms with Crippen LogP contribution in [0, 0.1) is 6.92 Å². The summed E-state index contributed by atoms with van der Waals surface area (Å²) in [6.07, 6.45) is -1.91. The summed E-state index contributed by atoms with van der Waals surface area (Å²) in [5.74, 6) is 0. The average molecular weight is 348 g/mol. The molecule has 0 fully saturated rings. The summed E-state index contributed by atoms with van der Waals surface area (Å²) in [5, 5.41) is 29.1. The molecule has 0 aliphatic rings. The van der Waals surface area contributed by atoms with Gasteiger partial charge in [0, 0.05) is 4.90 Å². The number of rotatable bonds is 9. The normalized spacial score (nSPS) is 15.0. The monoisotopic (exact) mass is 348 g/mol. The van der Waals surface area contributed by atoms with E-state index in [-0.39, 0.29) is 6.61 Å². The van der Waals surface area contributed by atoms with Gasteiger partial charge in [0.25, 0.3) is 0 Å². The highest BCUT2D eigenvalue weighted by molar-refractivity contribution is 8.00. The van der Waals surface area contributed by atoms with E-state index in [1.165, 1.54) is 11.8 Å². The SMILES string of the molecule is Cc1ccc(S[C@@H]([C@H](O)COCc2ccccc2)[C@@H](O)CO)cc1. The standard InChI is InChI=1S/C19H24O4S/c1-14-7-9-16(10-8-14)24-19(17(21)11-20)18(22)13-23-12-15-5-3-2-4-6-15/h2-10,17-22H,11-13H2,1H3/t17-,18+,19+/m0/s1. The van der Waals surface area contributed by atoms with Crippen molar-refractivity contribution < 1.29 is 20.1 Å². The molecule has 0 spiro atoms. The Hall–Kier alpha value is -1.37. The molecule has 24 heavy (non-hydrogen) atoms. The van der Waals surface area contributed by atoms with Gasteiger partial charge in [0.2, 0.25) is 0 Å². The van der Waals surface area contributed by atoms with Gasteiger partial charge in [-0.25, -0.2) is 0 Å². The Labute approximate surface area is 147 Å². The lowest BCUT2D eigenvalue weighted by Crippen LogP contribution is -2.39. The fourth-order valence-electron chi connectivity index (χ4n) is 2.26. The van der Waals surface area contributed by atoms with Crippen LogP contribution in [0.1, 0.15) is 11.1 Å². The first-order chi connectivity index (χ1) is 11.6. The van der Waals surface area contributed by atoms with Crippen LogP contribution in [0.2, 0.25) is 0 Å². The molecule has 0 unspecified atom stereocenters. The number of benzene rings is 2. The summed E-state index contributed by atoms with van der Waals surface area (Å²) < 4.78 is 5.56. The summed E-state index contributed by atoms with van der Waals surface area (Å²) in [4.78, 5) is 0.931. The molecule has 2 aromatic carbocycles. The second kappa shape index (κ2) is 9.81. The van der Waals surface area contributed by atoms with Crippen molar-refractivity contribution in [3.8, 4) is 0 Å². The number of aliphatic hydroxyl groups is 3. The highest BCUT2D eigenvalue weighted by Crippen LogP contribution is 2.28. The van der Waals surface area contributed by atoms with Gasteiger partial charge in [-0.1, -0.05) is 48.0 Å². The number of thioether (sulfide) groups is 1. The molecule has 2 rings (SSSR count). The number of aliphatic hydroxyl groups excluding tert-OH is 3. The van der Waals surface area contributed by atoms with Crippen LogP contribution in [0.4, 0.5) is 0 Å². The minimum absolute atomic E-state index is 0.0927. The first-order valence-corrected chi connectivity index (χ1v) is 8.80. The van der Waals surface area contributed by atoms with Crippen LogP contribution in [0.15, 0.2) is 59.5 Å². The summed E-state index contributed by atoms with van der Waals surface area (Å²) in [7, 11) is 0. The lowest BCUT2D eigenvalue weighted by molar-refractivity contribution is -0.00527. The highest BCUT2D eigenvalue weighted by atomic mass is 32.2. The van der Waals surface area contributed by atoms with Gasteiger partial charge in [-0.2, -0.15) is 0 Å². The summed E-state index contributed by atoms with van der Waals surface area (Å²) in [6.45, 7) is 2.09. The van der Waals surface area contributed by atoms with Crippen LogP contribution in [0.5, 0.6) is 0 Å². The molecule has 0 aliphatic carbocycles. The number of ether oxygens (including phenoxy) is 1. The minimum atomic E-state index is -1.02. The third kappa shape index (κ3) is 5.92. The Balaban J connectivity index is 1.92. The smallest absolute Gasteiger partial charge is 0.0921 e. The van der Waals surface area contributed by atoms with Crippen molar-refractivity contribution in [2.45, 2.75) is 35.9 Å². The molecule has 130 valence electrons. The quantitative estimate of drug-likeness (QED) is 0.607. The number of hydrogen-bond acceptors (Lipinski definition) is 5. The van der Waals surface area contributed by atoms with Crippen molar-refractivity contribution >= 4 is 11.8 Å². The summed E-state index contributed by atoms with van der Waals surface area (Å²) in [5.41, 5.74) is 2.17. The van der Waals surface area contributed by atoms with Crippen LogP contribution >= 0.6 is 11.8 Å². The Morgan fingerprint density at radius 2 is 1.62 bits per heavy atom. The van der Waals surface area contributed by atoms with E-state index >= 15 is 0 Å². The maximum Gasteiger partial charge on any atom is 0.0921 e. The molecule has 0 bridgehead atoms. The van der Waals surface area contributed by atoms with Crippen molar-refractivity contribution in [1.29, 1.82) is 0 Å². The third-order valence-corrected chi connectivity index (χ3v) is 5.08. The zero-order valence-corrected chi connectivity index (χ0v) is 14.5. The zero-order valence-electron chi connectivity index (χ0n) is 13.7. The Morgan fingerprint density at radius 3 is 2.25 bits per heavy atom. The van der Waals surface area contributed by atoms with Crippen molar-refractivity contribution in [2.75, 3.05) is 13.2 Å². The molecule has 0 amide bonds. The Bertz CT molecular complexity index is 588. The molecule has 0 aromatic heterocycles. The molecule has 0 radical (unpaired) electrons. The molecule has 0 heterocycles. The lowest BCUT2D eigenvalue weighted by atomic mass is 10.1. The average Bonchev–Trinajstić information content (AvgIpc) is 2.61. The van der Waals surface area contributed by atoms with Gasteiger partial charge >= 0.3 is 0 Å². The summed E-state index contributed by atoms with van der Waals surface area (Å²) >= 11 is 1.34. The van der Waals surface area contributed by atoms with Crippen molar-refractivity contribution in [3.05, 3.63) is 65.7 Å². The second-order valence-corrected chi connectivity index (χ2v) is 6.96. The first-order valence-electron chi connectivity index (χ1n) is 7.92. The number of hydrogen-bond donors (Lipinski definition) is 3. The molecular weight excluding hydrogens is 324 g/mol. The second-order valence-electron chi connectivity index (χ2n) is 5.71. The van der Waals surface area contributed by atoms with Gasteiger partial charge in [0.1, 0.15) is 0 Å².